The zero-order valence-electron chi connectivity index (χ0n) is 15.8. The predicted molar refractivity (Wildman–Crippen MR) is 107 cm³/mol. The molecule has 5 nitrogen and oxygen atoms in total. The van der Waals surface area contributed by atoms with E-state index in [9.17, 15) is 4.79 Å². The molecule has 1 amide bonds. The third kappa shape index (κ3) is 3.50. The molecule has 1 atom stereocenters. The minimum atomic E-state index is 0.0574. The molecule has 0 radical (unpaired) electrons. The lowest BCUT2D eigenvalue weighted by atomic mass is 10.0. The van der Waals surface area contributed by atoms with Gasteiger partial charge in [-0.1, -0.05) is 36.4 Å². The molecule has 2 fully saturated rings. The van der Waals surface area contributed by atoms with Gasteiger partial charge in [-0.05, 0) is 42.2 Å². The summed E-state index contributed by atoms with van der Waals surface area (Å²) in [6.07, 6.45) is 6.12. The van der Waals surface area contributed by atoms with Crippen LogP contribution < -0.4 is 9.47 Å². The first-order valence-corrected chi connectivity index (χ1v) is 9.95. The van der Waals surface area contributed by atoms with Gasteiger partial charge in [-0.3, -0.25) is 9.69 Å². The second-order valence-corrected chi connectivity index (χ2v) is 7.63. The van der Waals surface area contributed by atoms with E-state index < -0.39 is 0 Å². The Kier molecular flexibility index (Phi) is 4.53. The normalized spacial score (nSPS) is 22.0. The summed E-state index contributed by atoms with van der Waals surface area (Å²) < 4.78 is 10.8. The van der Waals surface area contributed by atoms with Gasteiger partial charge < -0.3 is 14.4 Å². The zero-order chi connectivity index (χ0) is 18.9. The van der Waals surface area contributed by atoms with E-state index in [4.69, 9.17) is 9.47 Å². The fourth-order valence-electron chi connectivity index (χ4n) is 4.08. The number of fused-ring (bicyclic) bond motifs is 1. The van der Waals surface area contributed by atoms with Gasteiger partial charge in [0.05, 0.1) is 6.04 Å². The van der Waals surface area contributed by atoms with E-state index in [0.29, 0.717) is 6.04 Å². The number of carbonyl (C=O) groups is 1. The molecule has 2 heterocycles. The molecule has 0 spiro atoms. The summed E-state index contributed by atoms with van der Waals surface area (Å²) in [4.78, 5) is 17.6. The van der Waals surface area contributed by atoms with Crippen LogP contribution >= 0.6 is 0 Å². The lowest BCUT2D eigenvalue weighted by Gasteiger charge is -2.41. The topological polar surface area (TPSA) is 42.0 Å². The standard InChI is InChI=1S/C23H24N2O3/c26-23(11-7-17-6-10-21-22(14-17)28-16-27-21)25-13-12-24(19-8-9-19)15-20(25)18-4-2-1-3-5-18/h1-7,10-11,14,19-20H,8-9,12-13,15-16H2/b11-7+. The first-order chi connectivity index (χ1) is 13.8. The SMILES string of the molecule is O=C(/C=C/c1ccc2c(c1)OCO2)N1CCN(C2CC2)CC1c1ccccc1. The second kappa shape index (κ2) is 7.32. The van der Waals surface area contributed by atoms with Crippen molar-refractivity contribution in [3.8, 4) is 11.5 Å². The highest BCUT2D eigenvalue weighted by atomic mass is 16.7. The molecule has 1 unspecified atom stereocenters. The van der Waals surface area contributed by atoms with Crippen molar-refractivity contribution in [1.29, 1.82) is 0 Å². The molecule has 0 bridgehead atoms. The van der Waals surface area contributed by atoms with E-state index in [1.165, 1.54) is 18.4 Å². The van der Waals surface area contributed by atoms with Crippen molar-refractivity contribution < 1.29 is 14.3 Å². The molecule has 2 aromatic rings. The number of ether oxygens (including phenoxy) is 2. The van der Waals surface area contributed by atoms with Gasteiger partial charge in [0.1, 0.15) is 0 Å². The number of carbonyl (C=O) groups excluding carboxylic acids is 1. The Balaban J connectivity index is 1.34. The smallest absolute Gasteiger partial charge is 0.247 e. The van der Waals surface area contributed by atoms with Gasteiger partial charge >= 0.3 is 0 Å². The van der Waals surface area contributed by atoms with E-state index in [-0.39, 0.29) is 18.7 Å². The van der Waals surface area contributed by atoms with Crippen molar-refractivity contribution in [2.45, 2.75) is 24.9 Å². The van der Waals surface area contributed by atoms with Crippen molar-refractivity contribution in [2.24, 2.45) is 0 Å². The highest BCUT2D eigenvalue weighted by molar-refractivity contribution is 5.92. The number of piperazine rings is 1. The maximum absolute atomic E-state index is 13.0. The molecule has 1 saturated carbocycles. The molecule has 0 N–H and O–H groups in total. The number of benzene rings is 2. The average Bonchev–Trinajstić information content (AvgIpc) is 3.49. The molecule has 5 rings (SSSR count). The third-order valence-electron chi connectivity index (χ3n) is 5.76. The maximum Gasteiger partial charge on any atom is 0.247 e. The summed E-state index contributed by atoms with van der Waals surface area (Å²) in [6.45, 7) is 2.89. The van der Waals surface area contributed by atoms with Crippen LogP contribution in [0.25, 0.3) is 6.08 Å². The van der Waals surface area contributed by atoms with Crippen LogP contribution in [0.2, 0.25) is 0 Å². The summed E-state index contributed by atoms with van der Waals surface area (Å²) in [5.41, 5.74) is 2.14. The minimum absolute atomic E-state index is 0.0574. The molecule has 2 aliphatic heterocycles. The Morgan fingerprint density at radius 2 is 1.82 bits per heavy atom. The maximum atomic E-state index is 13.0. The summed E-state index contributed by atoms with van der Waals surface area (Å²) in [7, 11) is 0. The van der Waals surface area contributed by atoms with E-state index in [1.54, 1.807) is 6.08 Å². The van der Waals surface area contributed by atoms with Crippen LogP contribution in [-0.4, -0.2) is 48.2 Å². The summed E-state index contributed by atoms with van der Waals surface area (Å²) >= 11 is 0. The zero-order valence-corrected chi connectivity index (χ0v) is 15.8. The Labute approximate surface area is 165 Å². The van der Waals surface area contributed by atoms with Gasteiger partial charge in [0, 0.05) is 31.8 Å². The van der Waals surface area contributed by atoms with E-state index >= 15 is 0 Å². The molecular weight excluding hydrogens is 352 g/mol. The van der Waals surface area contributed by atoms with Gasteiger partial charge in [0.25, 0.3) is 0 Å². The van der Waals surface area contributed by atoms with E-state index in [1.807, 2.05) is 35.2 Å². The summed E-state index contributed by atoms with van der Waals surface area (Å²) in [6, 6.07) is 16.9. The Hall–Kier alpha value is -2.79. The Morgan fingerprint density at radius 1 is 1.00 bits per heavy atom. The van der Waals surface area contributed by atoms with Crippen molar-refractivity contribution in [3.63, 3.8) is 0 Å². The molecule has 5 heteroatoms. The molecule has 1 aliphatic carbocycles. The number of amides is 1. The first-order valence-electron chi connectivity index (χ1n) is 9.95. The number of hydrogen-bond donors (Lipinski definition) is 0. The van der Waals surface area contributed by atoms with Crippen LogP contribution in [0, 0.1) is 0 Å². The largest absolute Gasteiger partial charge is 0.454 e. The predicted octanol–water partition coefficient (Wildman–Crippen LogP) is 3.48. The molecule has 0 aromatic heterocycles. The van der Waals surface area contributed by atoms with Crippen LogP contribution in [0.15, 0.2) is 54.6 Å². The highest BCUT2D eigenvalue weighted by Gasteiger charge is 2.37. The van der Waals surface area contributed by atoms with Crippen molar-refractivity contribution in [3.05, 3.63) is 65.7 Å². The van der Waals surface area contributed by atoms with Gasteiger partial charge in [0.15, 0.2) is 11.5 Å². The molecule has 2 aromatic carbocycles. The quantitative estimate of drug-likeness (QED) is 0.767. The van der Waals surface area contributed by atoms with Gasteiger partial charge in [-0.15, -0.1) is 0 Å². The third-order valence-corrected chi connectivity index (χ3v) is 5.76. The van der Waals surface area contributed by atoms with Gasteiger partial charge in [-0.25, -0.2) is 0 Å². The van der Waals surface area contributed by atoms with Gasteiger partial charge in [0.2, 0.25) is 12.7 Å². The van der Waals surface area contributed by atoms with E-state index in [0.717, 1.165) is 36.7 Å². The van der Waals surface area contributed by atoms with Crippen molar-refractivity contribution in [2.75, 3.05) is 26.4 Å². The number of hydrogen-bond acceptors (Lipinski definition) is 4. The molecule has 1 saturated heterocycles. The van der Waals surface area contributed by atoms with Crippen LogP contribution in [0.1, 0.15) is 30.0 Å². The number of rotatable bonds is 4. The van der Waals surface area contributed by atoms with E-state index in [2.05, 4.69) is 29.2 Å². The minimum Gasteiger partial charge on any atom is -0.454 e. The van der Waals surface area contributed by atoms with Gasteiger partial charge in [-0.2, -0.15) is 0 Å². The number of nitrogens with zero attached hydrogens (tertiary/aromatic N) is 2. The van der Waals surface area contributed by atoms with Crippen LogP contribution in [0.4, 0.5) is 0 Å². The lowest BCUT2D eigenvalue weighted by molar-refractivity contribution is -0.131. The summed E-state index contributed by atoms with van der Waals surface area (Å²) in [5, 5.41) is 0. The first kappa shape index (κ1) is 17.3. The average molecular weight is 376 g/mol. The Morgan fingerprint density at radius 3 is 2.64 bits per heavy atom. The fraction of sp³-hybridized carbons (Fsp3) is 0.348. The summed E-state index contributed by atoms with van der Waals surface area (Å²) in [5.74, 6) is 1.54. The Bertz CT molecular complexity index is 892. The second-order valence-electron chi connectivity index (χ2n) is 7.63. The van der Waals surface area contributed by atoms with Crippen LogP contribution in [-0.2, 0) is 4.79 Å². The molecular formula is C23H24N2O3. The monoisotopic (exact) mass is 376 g/mol. The van der Waals surface area contributed by atoms with Crippen molar-refractivity contribution >= 4 is 12.0 Å². The van der Waals surface area contributed by atoms with Crippen LogP contribution in [0.5, 0.6) is 11.5 Å². The molecule has 144 valence electrons. The highest BCUT2D eigenvalue weighted by Crippen LogP contribution is 2.34. The lowest BCUT2D eigenvalue weighted by Crippen LogP contribution is -2.50. The molecule has 3 aliphatic rings. The fourth-order valence-corrected chi connectivity index (χ4v) is 4.08. The molecule has 28 heavy (non-hydrogen) atoms. The van der Waals surface area contributed by atoms with Crippen molar-refractivity contribution in [1.82, 2.24) is 9.80 Å². The van der Waals surface area contributed by atoms with Crippen LogP contribution in [0.3, 0.4) is 0 Å².